The van der Waals surface area contributed by atoms with Gasteiger partial charge in [0.25, 0.3) is 36.0 Å². The fraction of sp³-hybridized carbons (Fsp3) is 0.300. The number of alkyl halides is 11. The SMILES string of the molecule is O=C(Nc1nc2cc(N3CCCOC3=O)ccc2n1C1CCC1)c1cccc(C(F)(F)F)c1.O=C(O)CCCn1c(NC(=O)c2cccc(C(F)(F)F)c2)nc2cc(N3CCCOC3=O)ccc21.O=C(O)CCCn1c(NC(=O)c2cccc(C(F)F)c2)nc2cc(N3CCCOC3=O)ccc21.O=C(O)Cn1c(NC(=O)c2cccc(C(F)(F)F)c2)nc2cc(N3CCOCC3=O)ccc21. The minimum Gasteiger partial charge on any atom is -0.481 e. The van der Waals surface area contributed by atoms with Crippen molar-refractivity contribution in [1.82, 2.24) is 38.2 Å². The molecule has 4 saturated heterocycles. The molecular formula is C90H81F11N16O18. The van der Waals surface area contributed by atoms with Crippen LogP contribution >= 0.6 is 0 Å². The van der Waals surface area contributed by atoms with Gasteiger partial charge in [0.05, 0.1) is 87.3 Å². The van der Waals surface area contributed by atoms with Crippen LogP contribution in [0.2, 0.25) is 0 Å². The van der Waals surface area contributed by atoms with Crippen molar-refractivity contribution in [3.63, 3.8) is 0 Å². The Bertz CT molecular complexity index is 6570. The molecule has 4 aliphatic heterocycles. The molecule has 45 heteroatoms. The number of aromatic nitrogens is 8. The molecule has 0 bridgehead atoms. The molecule has 5 fully saturated rings. The number of nitrogens with one attached hydrogen (secondary N) is 4. The molecule has 0 spiro atoms. The normalized spacial score (nSPS) is 14.9. The number of nitrogens with zero attached hydrogens (tertiary/aromatic N) is 12. The van der Waals surface area contributed by atoms with Crippen molar-refractivity contribution in [2.24, 2.45) is 0 Å². The lowest BCUT2D eigenvalue weighted by Crippen LogP contribution is -2.41. The quantitative estimate of drug-likeness (QED) is 0.0218. The monoisotopic (exact) mass is 1880 g/mol. The van der Waals surface area contributed by atoms with Gasteiger partial charge in [-0.15, -0.1) is 0 Å². The predicted molar refractivity (Wildman–Crippen MR) is 464 cm³/mol. The minimum absolute atomic E-state index is 0.0405. The first-order valence-electron chi connectivity index (χ1n) is 42.0. The van der Waals surface area contributed by atoms with Crippen molar-refractivity contribution >= 4 is 156 Å². The number of amides is 8. The summed E-state index contributed by atoms with van der Waals surface area (Å²) in [7, 11) is 0. The number of fused-ring (bicyclic) bond motifs is 4. The Kier molecular flexibility index (Phi) is 29.0. The fourth-order valence-corrected chi connectivity index (χ4v) is 15.2. The molecule has 0 unspecified atom stereocenters. The van der Waals surface area contributed by atoms with Gasteiger partial charge in [0.2, 0.25) is 23.8 Å². The van der Waals surface area contributed by atoms with E-state index in [0.29, 0.717) is 133 Å². The number of cyclic esters (lactones) is 3. The van der Waals surface area contributed by atoms with Crippen LogP contribution in [-0.4, -0.2) is 178 Å². The number of morpholine rings is 1. The third-order valence-electron chi connectivity index (χ3n) is 22.0. The summed E-state index contributed by atoms with van der Waals surface area (Å²) in [5.41, 5.74) is 2.72. The summed E-state index contributed by atoms with van der Waals surface area (Å²) < 4.78 is 170. The topological polar surface area (TPSA) is 418 Å². The van der Waals surface area contributed by atoms with Crippen LogP contribution in [0.15, 0.2) is 170 Å². The summed E-state index contributed by atoms with van der Waals surface area (Å²) in [4.78, 5) is 156. The smallest absolute Gasteiger partial charge is 0.416 e. The van der Waals surface area contributed by atoms with Crippen LogP contribution in [0.4, 0.5) is 109 Å². The molecule has 34 nitrogen and oxygen atoms in total. The van der Waals surface area contributed by atoms with Crippen LogP contribution in [0.3, 0.4) is 0 Å². The maximum Gasteiger partial charge on any atom is 0.416 e. The molecule has 0 atom stereocenters. The number of carbonyl (C=O) groups is 11. The van der Waals surface area contributed by atoms with Gasteiger partial charge in [-0.25, -0.2) is 43.1 Å². The summed E-state index contributed by atoms with van der Waals surface area (Å²) in [6.07, 6.45) is -12.6. The van der Waals surface area contributed by atoms with Crippen LogP contribution < -0.4 is 40.9 Å². The molecule has 8 amide bonds. The number of imidazole rings is 4. The average molecular weight is 1880 g/mol. The van der Waals surface area contributed by atoms with E-state index in [1.807, 2.05) is 16.7 Å². The van der Waals surface area contributed by atoms with E-state index >= 15 is 0 Å². The van der Waals surface area contributed by atoms with Gasteiger partial charge in [-0.2, -0.15) is 39.5 Å². The average Bonchev–Trinajstić information content (AvgIpc) is 1.63. The van der Waals surface area contributed by atoms with E-state index in [1.54, 1.807) is 69.8 Å². The van der Waals surface area contributed by atoms with E-state index in [1.165, 1.54) is 66.6 Å². The van der Waals surface area contributed by atoms with Crippen molar-refractivity contribution in [2.75, 3.05) is 100 Å². The minimum atomic E-state index is -4.62. The number of hydrogen-bond acceptors (Lipinski definition) is 19. The van der Waals surface area contributed by atoms with E-state index in [9.17, 15) is 106 Å². The van der Waals surface area contributed by atoms with E-state index < -0.39 is 108 Å². The van der Waals surface area contributed by atoms with Crippen molar-refractivity contribution in [3.05, 3.63) is 214 Å². The highest BCUT2D eigenvalue weighted by Gasteiger charge is 2.37. The van der Waals surface area contributed by atoms with Crippen LogP contribution in [-0.2, 0) is 76.3 Å². The molecule has 4 aromatic heterocycles. The Morgan fingerprint density at radius 1 is 0.393 bits per heavy atom. The van der Waals surface area contributed by atoms with Crippen LogP contribution in [0.1, 0.15) is 140 Å². The fourth-order valence-electron chi connectivity index (χ4n) is 15.2. The van der Waals surface area contributed by atoms with Crippen molar-refractivity contribution in [2.45, 2.75) is 115 Å². The molecule has 8 aromatic carbocycles. The summed E-state index contributed by atoms with van der Waals surface area (Å²) in [5, 5.41) is 37.5. The first-order valence-corrected chi connectivity index (χ1v) is 42.0. The summed E-state index contributed by atoms with van der Waals surface area (Å²) in [6, 6.07) is 37.7. The van der Waals surface area contributed by atoms with Crippen LogP contribution in [0.5, 0.6) is 0 Å². The lowest BCUT2D eigenvalue weighted by Gasteiger charge is -2.29. The number of halogens is 11. The predicted octanol–water partition coefficient (Wildman–Crippen LogP) is 17.1. The van der Waals surface area contributed by atoms with Gasteiger partial charge in [-0.1, -0.05) is 30.3 Å². The molecule has 1 aliphatic carbocycles. The summed E-state index contributed by atoms with van der Waals surface area (Å²) in [6.45, 7) is 3.08. The second-order valence-corrected chi connectivity index (χ2v) is 31.1. The second kappa shape index (κ2) is 41.0. The third-order valence-corrected chi connectivity index (χ3v) is 22.0. The Morgan fingerprint density at radius 2 is 0.741 bits per heavy atom. The molecule has 17 rings (SSSR count). The molecule has 12 aromatic rings. The number of benzene rings is 8. The van der Waals surface area contributed by atoms with Gasteiger partial charge in [0.1, 0.15) is 13.2 Å². The molecule has 7 N–H and O–H groups in total. The zero-order valence-electron chi connectivity index (χ0n) is 70.9. The van der Waals surface area contributed by atoms with Crippen LogP contribution in [0, 0.1) is 0 Å². The highest BCUT2D eigenvalue weighted by molar-refractivity contribution is 6.08. The first kappa shape index (κ1) is 95.5. The van der Waals surface area contributed by atoms with Crippen molar-refractivity contribution in [1.29, 1.82) is 0 Å². The number of ether oxygens (including phenoxy) is 4. The third kappa shape index (κ3) is 22.9. The molecule has 0 radical (unpaired) electrons. The number of carboxylic acid groups (broad SMARTS) is 3. The Morgan fingerprint density at radius 3 is 1.10 bits per heavy atom. The highest BCUT2D eigenvalue weighted by atomic mass is 19.4. The van der Waals surface area contributed by atoms with Gasteiger partial charge >= 0.3 is 54.7 Å². The maximum atomic E-state index is 13.1. The lowest BCUT2D eigenvalue weighted by atomic mass is 9.93. The molecular weight excluding hydrogens is 1800 g/mol. The first-order chi connectivity index (χ1) is 64.4. The van der Waals surface area contributed by atoms with Crippen molar-refractivity contribution < 1.29 is 135 Å². The van der Waals surface area contributed by atoms with Crippen LogP contribution in [0.25, 0.3) is 44.1 Å². The number of anilines is 8. The largest absolute Gasteiger partial charge is 0.481 e. The number of aliphatic carboxylic acids is 3. The van der Waals surface area contributed by atoms with Gasteiger partial charge in [0, 0.05) is 109 Å². The molecule has 135 heavy (non-hydrogen) atoms. The summed E-state index contributed by atoms with van der Waals surface area (Å²) in [5.74, 6) is -6.07. The number of hydrogen-bond donors (Lipinski definition) is 7. The molecule has 8 heterocycles. The molecule has 1 saturated carbocycles. The Balaban J connectivity index is 0.000000144. The highest BCUT2D eigenvalue weighted by Crippen LogP contribution is 2.41. The molecule has 5 aliphatic rings. The van der Waals surface area contributed by atoms with E-state index in [-0.39, 0.29) is 109 Å². The standard InChI is InChI=1S/C23H21F3N4O5.C23H21F3N4O3.C23H22F2N4O5.C21H17F3N4O5/c24-23(25,26)15-5-1-4-14(12-15)20(33)28-21-27-17-13-16(29-10-3-11-35-22(29)34)7-8-18(17)30(21)9-2-6-19(31)32;24-23(25,26)15-5-1-4-14(12-15)20(31)28-21-27-18-13-17(29-10-3-11-33-22(29)32)8-9-19(18)30(21)16-6-2-7-16;24-20(25)14-4-1-5-15(12-14)21(32)27-22-26-17-13-16(28-10-3-11-34-23(28)33)7-8-18(17)29(22)9-2-6-19(30)31;22-21(23,24)13-3-1-2-12(8-13)19(32)26-20-25-15-9-14(27-6-7-33-11-17(27)29)4-5-16(15)28(20)10-18(30)31/h1,4-5,7-8,12-13H,2-3,6,9-11H2,(H,31,32)(H,27,28,33);1,4-5,8-9,12-13,16H,2-3,6-7,10-11H2,(H,27,28,31);1,4-5,7-8,12-13,20H,2-3,6,9-11H2,(H,30,31)(H,26,27,32);1-5,8-9H,6-7,10-11H2,(H,30,31)(H,25,26,32). The van der Waals surface area contributed by atoms with Gasteiger partial charge in [-0.05, 0) is 191 Å². The second-order valence-electron chi connectivity index (χ2n) is 31.1. The van der Waals surface area contributed by atoms with E-state index in [2.05, 4.69) is 41.2 Å². The van der Waals surface area contributed by atoms with Gasteiger partial charge in [-0.3, -0.25) is 78.9 Å². The van der Waals surface area contributed by atoms with E-state index in [0.717, 1.165) is 79.7 Å². The summed E-state index contributed by atoms with van der Waals surface area (Å²) >= 11 is 0. The number of carbonyl (C=O) groups excluding carboxylic acids is 8. The Labute approximate surface area is 756 Å². The maximum absolute atomic E-state index is 13.1. The van der Waals surface area contributed by atoms with Gasteiger partial charge in [0.15, 0.2) is 0 Å². The van der Waals surface area contributed by atoms with Crippen molar-refractivity contribution in [3.8, 4) is 0 Å². The number of carboxylic acids is 3. The number of aryl methyl sites for hydroxylation is 2. The lowest BCUT2D eigenvalue weighted by molar-refractivity contribution is -0.138. The molecule has 706 valence electrons. The Hall–Kier alpha value is -15.6. The zero-order valence-corrected chi connectivity index (χ0v) is 70.9. The number of rotatable bonds is 24. The zero-order chi connectivity index (χ0) is 96.3. The van der Waals surface area contributed by atoms with E-state index in [4.69, 9.17) is 29.2 Å². The van der Waals surface area contributed by atoms with Gasteiger partial charge < -0.3 is 52.9 Å².